The lowest BCUT2D eigenvalue weighted by molar-refractivity contribution is 0.0962. The van der Waals surface area contributed by atoms with Crippen LogP contribution in [0.4, 0.5) is 5.13 Å². The number of hydrogen-bond acceptors (Lipinski definition) is 7. The molecule has 3 aromatic rings. The van der Waals surface area contributed by atoms with Gasteiger partial charge in [-0.15, -0.1) is 0 Å². The quantitative estimate of drug-likeness (QED) is 0.658. The van der Waals surface area contributed by atoms with Crippen LogP contribution in [-0.4, -0.2) is 32.2 Å². The second-order valence-electron chi connectivity index (χ2n) is 4.97. The van der Waals surface area contributed by atoms with Crippen LogP contribution >= 0.6 is 11.3 Å². The lowest BCUT2D eigenvalue weighted by atomic mass is 10.2. The van der Waals surface area contributed by atoms with Crippen LogP contribution < -0.4 is 25.1 Å². The van der Waals surface area contributed by atoms with Crippen LogP contribution in [0.3, 0.4) is 0 Å². The Hall–Kier alpha value is -3.00. The van der Waals surface area contributed by atoms with E-state index in [0.29, 0.717) is 33.5 Å². The van der Waals surface area contributed by atoms with E-state index in [1.165, 1.54) is 11.3 Å². The van der Waals surface area contributed by atoms with Gasteiger partial charge in [-0.3, -0.25) is 15.6 Å². The van der Waals surface area contributed by atoms with Crippen molar-refractivity contribution in [1.29, 1.82) is 0 Å². The summed E-state index contributed by atoms with van der Waals surface area (Å²) in [4.78, 5) is 16.6. The van der Waals surface area contributed by atoms with Gasteiger partial charge in [-0.25, -0.2) is 4.98 Å². The molecular formula is C17H17N3O4S. The molecule has 2 N–H and O–H groups in total. The summed E-state index contributed by atoms with van der Waals surface area (Å²) in [6.45, 7) is 0. The predicted octanol–water partition coefficient (Wildman–Crippen LogP) is 3.08. The predicted molar refractivity (Wildman–Crippen MR) is 96.8 cm³/mol. The van der Waals surface area contributed by atoms with Gasteiger partial charge in [0.15, 0.2) is 0 Å². The Kier molecular flexibility index (Phi) is 4.90. The van der Waals surface area contributed by atoms with Crippen LogP contribution in [0.25, 0.3) is 10.2 Å². The van der Waals surface area contributed by atoms with Gasteiger partial charge in [-0.2, -0.15) is 0 Å². The van der Waals surface area contributed by atoms with Crippen LogP contribution in [0.5, 0.6) is 17.2 Å². The summed E-state index contributed by atoms with van der Waals surface area (Å²) in [6.07, 6.45) is 0. The molecule has 0 aliphatic rings. The van der Waals surface area contributed by atoms with Crippen molar-refractivity contribution in [2.24, 2.45) is 0 Å². The molecule has 25 heavy (non-hydrogen) atoms. The van der Waals surface area contributed by atoms with Crippen molar-refractivity contribution in [3.63, 3.8) is 0 Å². The zero-order chi connectivity index (χ0) is 17.8. The van der Waals surface area contributed by atoms with Gasteiger partial charge >= 0.3 is 0 Å². The van der Waals surface area contributed by atoms with Gasteiger partial charge in [0.1, 0.15) is 27.5 Å². The van der Waals surface area contributed by atoms with E-state index < -0.39 is 0 Å². The van der Waals surface area contributed by atoms with Crippen molar-refractivity contribution in [2.45, 2.75) is 0 Å². The Bertz CT molecular complexity index is 852. The molecule has 1 heterocycles. The minimum Gasteiger partial charge on any atom is -0.497 e. The minimum absolute atomic E-state index is 0.277. The second kappa shape index (κ2) is 7.27. The smallest absolute Gasteiger partial charge is 0.269 e. The molecule has 0 spiro atoms. The number of hydrazine groups is 1. The Balaban J connectivity index is 1.77. The van der Waals surface area contributed by atoms with Crippen molar-refractivity contribution < 1.29 is 19.0 Å². The van der Waals surface area contributed by atoms with E-state index in [2.05, 4.69) is 15.8 Å². The van der Waals surface area contributed by atoms with Crippen molar-refractivity contribution in [1.82, 2.24) is 10.4 Å². The molecule has 0 atom stereocenters. The molecule has 8 heteroatoms. The summed E-state index contributed by atoms with van der Waals surface area (Å²) < 4.78 is 16.6. The summed E-state index contributed by atoms with van der Waals surface area (Å²) in [6, 6.07) is 10.4. The van der Waals surface area contributed by atoms with Gasteiger partial charge in [-0.05, 0) is 36.4 Å². The van der Waals surface area contributed by atoms with E-state index in [9.17, 15) is 4.79 Å². The zero-order valence-corrected chi connectivity index (χ0v) is 14.8. The van der Waals surface area contributed by atoms with Crippen LogP contribution in [-0.2, 0) is 0 Å². The first kappa shape index (κ1) is 16.8. The lowest BCUT2D eigenvalue weighted by Gasteiger charge is -2.06. The number of methoxy groups -OCH3 is 3. The number of nitrogens with one attached hydrogen (secondary N) is 2. The molecule has 0 bridgehead atoms. The number of amides is 1. The van der Waals surface area contributed by atoms with Crippen LogP contribution in [0.15, 0.2) is 36.4 Å². The molecule has 0 saturated carbocycles. The molecular weight excluding hydrogens is 342 g/mol. The number of thiazole rings is 1. The van der Waals surface area contributed by atoms with Gasteiger partial charge in [0.25, 0.3) is 5.91 Å². The second-order valence-corrected chi connectivity index (χ2v) is 5.97. The molecule has 0 saturated heterocycles. The standard InChI is InChI=1S/C17H17N3O4S/c1-22-11-6-4-10(5-7-11)16(21)19-20-17-18-14-12(23-2)8-9-13(24-3)15(14)25-17/h4-9H,1-3H3,(H,18,20)(H,19,21). The Labute approximate surface area is 148 Å². The highest BCUT2D eigenvalue weighted by molar-refractivity contribution is 7.22. The van der Waals surface area contributed by atoms with Gasteiger partial charge in [0.2, 0.25) is 5.13 Å². The maximum atomic E-state index is 12.2. The maximum absolute atomic E-state index is 12.2. The molecule has 1 aromatic heterocycles. The third-order valence-electron chi connectivity index (χ3n) is 3.55. The van der Waals surface area contributed by atoms with Crippen molar-refractivity contribution in [2.75, 3.05) is 26.8 Å². The van der Waals surface area contributed by atoms with E-state index >= 15 is 0 Å². The van der Waals surface area contributed by atoms with E-state index in [4.69, 9.17) is 14.2 Å². The highest BCUT2D eigenvalue weighted by Crippen LogP contribution is 2.38. The fourth-order valence-electron chi connectivity index (χ4n) is 2.26. The molecule has 1 amide bonds. The SMILES string of the molecule is COc1ccc(C(=O)NNc2nc3c(OC)ccc(OC)c3s2)cc1. The Morgan fingerprint density at radius 1 is 0.960 bits per heavy atom. The fourth-order valence-corrected chi connectivity index (χ4v) is 3.19. The largest absolute Gasteiger partial charge is 0.497 e. The molecule has 0 radical (unpaired) electrons. The summed E-state index contributed by atoms with van der Waals surface area (Å²) in [5, 5.41) is 0.527. The van der Waals surface area contributed by atoms with Gasteiger partial charge in [0.05, 0.1) is 21.3 Å². The summed E-state index contributed by atoms with van der Waals surface area (Å²) in [5.41, 5.74) is 6.63. The van der Waals surface area contributed by atoms with Gasteiger partial charge < -0.3 is 14.2 Å². The number of ether oxygens (including phenoxy) is 3. The fraction of sp³-hybridized carbons (Fsp3) is 0.176. The van der Waals surface area contributed by atoms with E-state index in [-0.39, 0.29) is 5.91 Å². The number of benzene rings is 2. The molecule has 7 nitrogen and oxygen atoms in total. The third kappa shape index (κ3) is 3.43. The monoisotopic (exact) mass is 359 g/mol. The number of nitrogens with zero attached hydrogens (tertiary/aromatic N) is 1. The van der Waals surface area contributed by atoms with Crippen molar-refractivity contribution in [3.8, 4) is 17.2 Å². The number of anilines is 1. The van der Waals surface area contributed by atoms with Crippen molar-refractivity contribution >= 4 is 32.6 Å². The number of fused-ring (bicyclic) bond motifs is 1. The summed E-state index contributed by atoms with van der Waals surface area (Å²) in [5.74, 6) is 1.75. The van der Waals surface area contributed by atoms with Crippen LogP contribution in [0, 0.1) is 0 Å². The average Bonchev–Trinajstić information content (AvgIpc) is 3.09. The molecule has 2 aromatic carbocycles. The van der Waals surface area contributed by atoms with E-state index in [1.807, 2.05) is 6.07 Å². The molecule has 0 aliphatic carbocycles. The highest BCUT2D eigenvalue weighted by atomic mass is 32.1. The first-order valence-electron chi connectivity index (χ1n) is 7.38. The molecule has 130 valence electrons. The first-order valence-corrected chi connectivity index (χ1v) is 8.20. The summed E-state index contributed by atoms with van der Waals surface area (Å²) >= 11 is 1.36. The topological polar surface area (TPSA) is 81.7 Å². The normalized spacial score (nSPS) is 10.4. The minimum atomic E-state index is -0.277. The van der Waals surface area contributed by atoms with Crippen LogP contribution in [0.2, 0.25) is 0 Å². The Morgan fingerprint density at radius 2 is 1.64 bits per heavy atom. The lowest BCUT2D eigenvalue weighted by Crippen LogP contribution is -2.29. The number of rotatable bonds is 6. The van der Waals surface area contributed by atoms with E-state index in [1.54, 1.807) is 51.7 Å². The summed E-state index contributed by atoms with van der Waals surface area (Å²) in [7, 11) is 4.75. The molecule has 0 unspecified atom stereocenters. The molecule has 3 rings (SSSR count). The van der Waals surface area contributed by atoms with Crippen molar-refractivity contribution in [3.05, 3.63) is 42.0 Å². The van der Waals surface area contributed by atoms with E-state index in [0.717, 1.165) is 4.70 Å². The number of aromatic nitrogens is 1. The number of carbonyl (C=O) groups excluding carboxylic acids is 1. The molecule has 0 aliphatic heterocycles. The number of carbonyl (C=O) groups is 1. The zero-order valence-electron chi connectivity index (χ0n) is 14.0. The molecule has 0 fully saturated rings. The van der Waals surface area contributed by atoms with Gasteiger partial charge in [-0.1, -0.05) is 11.3 Å². The third-order valence-corrected chi connectivity index (χ3v) is 4.53. The average molecular weight is 359 g/mol. The van der Waals surface area contributed by atoms with Gasteiger partial charge in [0, 0.05) is 5.56 Å². The Morgan fingerprint density at radius 3 is 2.28 bits per heavy atom. The van der Waals surface area contributed by atoms with Crippen LogP contribution in [0.1, 0.15) is 10.4 Å². The number of hydrogen-bond donors (Lipinski definition) is 2. The highest BCUT2D eigenvalue weighted by Gasteiger charge is 2.14. The maximum Gasteiger partial charge on any atom is 0.269 e. The first-order chi connectivity index (χ1) is 12.2.